The van der Waals surface area contributed by atoms with Crippen molar-refractivity contribution in [3.63, 3.8) is 0 Å². The summed E-state index contributed by atoms with van der Waals surface area (Å²) in [5.74, 6) is 0.0557. The molecule has 3 rings (SSSR count). The fourth-order valence-corrected chi connectivity index (χ4v) is 4.81. The minimum Gasteiger partial charge on any atom is -0.383 e. The Morgan fingerprint density at radius 1 is 0.475 bits per heavy atom. The Morgan fingerprint density at radius 2 is 0.725 bits per heavy atom. The molecule has 0 spiro atoms. The average molecular weight is 533 g/mol. The zero-order valence-electron chi connectivity index (χ0n) is 23.8. The van der Waals surface area contributed by atoms with E-state index in [9.17, 15) is 0 Å². The van der Waals surface area contributed by atoms with Crippen LogP contribution in [-0.2, 0) is 0 Å². The third kappa shape index (κ3) is 9.37. The summed E-state index contributed by atoms with van der Waals surface area (Å²) >= 11 is 0. The number of nitriles is 3. The van der Waals surface area contributed by atoms with Gasteiger partial charge in [0.2, 0.25) is 0 Å². The summed E-state index contributed by atoms with van der Waals surface area (Å²) < 4.78 is 0. The molecule has 0 saturated heterocycles. The van der Waals surface area contributed by atoms with Crippen molar-refractivity contribution in [1.82, 2.24) is 0 Å². The second-order valence-electron chi connectivity index (χ2n) is 10.5. The van der Waals surface area contributed by atoms with E-state index in [1.165, 1.54) is 16.7 Å². The fourth-order valence-electron chi connectivity index (χ4n) is 4.81. The van der Waals surface area contributed by atoms with Crippen LogP contribution in [0.4, 0.5) is 17.1 Å². The maximum Gasteiger partial charge on any atom is 0.0622 e. The van der Waals surface area contributed by atoms with Gasteiger partial charge in [-0.1, -0.05) is 36.4 Å². The lowest BCUT2D eigenvalue weighted by molar-refractivity contribution is 0.723. The highest BCUT2D eigenvalue weighted by molar-refractivity contribution is 5.55. The SMILES string of the molecule is CC(CCC#N)Nc1ccc(C(c2ccc(NC(C)CCC#N)cc2)c2ccc(NC(C)CCC#N)cc2)cc1. The number of anilines is 3. The summed E-state index contributed by atoms with van der Waals surface area (Å²) in [6.07, 6.45) is 4.05. The Hall–Kier alpha value is -4.47. The van der Waals surface area contributed by atoms with Gasteiger partial charge >= 0.3 is 0 Å². The summed E-state index contributed by atoms with van der Waals surface area (Å²) in [7, 11) is 0. The average Bonchev–Trinajstić information content (AvgIpc) is 2.96. The van der Waals surface area contributed by atoms with Crippen molar-refractivity contribution in [2.24, 2.45) is 0 Å². The van der Waals surface area contributed by atoms with Gasteiger partial charge in [-0.15, -0.1) is 0 Å². The molecule has 6 nitrogen and oxygen atoms in total. The van der Waals surface area contributed by atoms with Crippen LogP contribution in [0.1, 0.15) is 81.9 Å². The Bertz CT molecular complexity index is 1130. The molecular weight excluding hydrogens is 492 g/mol. The molecule has 206 valence electrons. The van der Waals surface area contributed by atoms with Gasteiger partial charge in [-0.3, -0.25) is 0 Å². The zero-order chi connectivity index (χ0) is 28.7. The molecule has 3 aromatic carbocycles. The fraction of sp³-hybridized carbons (Fsp3) is 0.382. The number of benzene rings is 3. The maximum atomic E-state index is 8.87. The molecule has 3 atom stereocenters. The van der Waals surface area contributed by atoms with Crippen LogP contribution in [0.15, 0.2) is 72.8 Å². The molecule has 40 heavy (non-hydrogen) atoms. The molecule has 3 N–H and O–H groups in total. The zero-order valence-corrected chi connectivity index (χ0v) is 23.8. The third-order valence-corrected chi connectivity index (χ3v) is 7.04. The van der Waals surface area contributed by atoms with Crippen LogP contribution in [0.3, 0.4) is 0 Å². The normalized spacial score (nSPS) is 13.5. The Morgan fingerprint density at radius 3 is 0.950 bits per heavy atom. The molecule has 3 unspecified atom stereocenters. The van der Waals surface area contributed by atoms with E-state index in [1.807, 2.05) is 0 Å². The van der Waals surface area contributed by atoms with Crippen molar-refractivity contribution < 1.29 is 0 Å². The van der Waals surface area contributed by atoms with Crippen LogP contribution in [0, 0.1) is 34.0 Å². The first-order chi connectivity index (χ1) is 19.4. The molecule has 0 bridgehead atoms. The van der Waals surface area contributed by atoms with Crippen LogP contribution >= 0.6 is 0 Å². The second-order valence-corrected chi connectivity index (χ2v) is 10.5. The molecule has 0 aliphatic heterocycles. The van der Waals surface area contributed by atoms with E-state index in [1.54, 1.807) is 0 Å². The summed E-state index contributed by atoms with van der Waals surface area (Å²) in [5.41, 5.74) is 6.73. The maximum absolute atomic E-state index is 8.87. The van der Waals surface area contributed by atoms with Crippen molar-refractivity contribution in [2.45, 2.75) is 83.3 Å². The van der Waals surface area contributed by atoms with Crippen molar-refractivity contribution in [3.05, 3.63) is 89.5 Å². The van der Waals surface area contributed by atoms with E-state index in [2.05, 4.69) is 128 Å². The molecular formula is C34H40N6. The Balaban J connectivity index is 1.85. The predicted molar refractivity (Wildman–Crippen MR) is 164 cm³/mol. The van der Waals surface area contributed by atoms with Gasteiger partial charge in [-0.25, -0.2) is 0 Å². The summed E-state index contributed by atoms with van der Waals surface area (Å²) in [5, 5.41) is 37.1. The van der Waals surface area contributed by atoms with Gasteiger partial charge in [-0.2, -0.15) is 15.8 Å². The lowest BCUT2D eigenvalue weighted by Crippen LogP contribution is -2.15. The molecule has 0 radical (unpaired) electrons. The molecule has 0 aromatic heterocycles. The number of hydrogen-bond acceptors (Lipinski definition) is 6. The highest BCUT2D eigenvalue weighted by atomic mass is 14.9. The molecule has 0 fully saturated rings. The first-order valence-corrected chi connectivity index (χ1v) is 14.1. The van der Waals surface area contributed by atoms with Gasteiger partial charge in [0.15, 0.2) is 0 Å². The van der Waals surface area contributed by atoms with Crippen LogP contribution in [-0.4, -0.2) is 18.1 Å². The minimum atomic E-state index is 0.0557. The number of hydrogen-bond donors (Lipinski definition) is 3. The van der Waals surface area contributed by atoms with Crippen molar-refractivity contribution in [2.75, 3.05) is 16.0 Å². The van der Waals surface area contributed by atoms with Crippen LogP contribution in [0.25, 0.3) is 0 Å². The molecule has 0 aliphatic rings. The van der Waals surface area contributed by atoms with Crippen molar-refractivity contribution in [1.29, 1.82) is 15.8 Å². The quantitative estimate of drug-likeness (QED) is 0.170. The molecule has 0 amide bonds. The second kappa shape index (κ2) is 15.8. The molecule has 3 aromatic rings. The molecule has 0 heterocycles. The van der Waals surface area contributed by atoms with Gasteiger partial charge in [0.05, 0.1) is 18.2 Å². The van der Waals surface area contributed by atoms with Gasteiger partial charge in [0.25, 0.3) is 0 Å². The van der Waals surface area contributed by atoms with Crippen LogP contribution < -0.4 is 16.0 Å². The summed E-state index contributed by atoms with van der Waals surface area (Å²) in [6, 6.07) is 33.1. The summed E-state index contributed by atoms with van der Waals surface area (Å²) in [4.78, 5) is 0. The highest BCUT2D eigenvalue weighted by Crippen LogP contribution is 2.34. The standard InChI is InChI=1S/C34H40N6/c1-25(7-4-22-35)38-31-16-10-28(11-17-31)34(29-12-18-32(19-13-29)39-26(2)8-5-23-36)30-14-20-33(21-15-30)40-27(3)9-6-24-37/h10-21,25-27,34,38-40H,4-9H2,1-3H3. The first kappa shape index (κ1) is 30.1. The van der Waals surface area contributed by atoms with Crippen molar-refractivity contribution >= 4 is 17.1 Å². The lowest BCUT2D eigenvalue weighted by Gasteiger charge is -2.22. The minimum absolute atomic E-state index is 0.0557. The van der Waals surface area contributed by atoms with Gasteiger partial charge < -0.3 is 16.0 Å². The highest BCUT2D eigenvalue weighted by Gasteiger charge is 2.18. The van der Waals surface area contributed by atoms with E-state index in [4.69, 9.17) is 15.8 Å². The van der Waals surface area contributed by atoms with Gasteiger partial charge in [-0.05, 0) is 93.1 Å². The van der Waals surface area contributed by atoms with E-state index >= 15 is 0 Å². The van der Waals surface area contributed by atoms with E-state index in [0.717, 1.165) is 36.3 Å². The molecule has 0 saturated carbocycles. The van der Waals surface area contributed by atoms with Crippen LogP contribution in [0.2, 0.25) is 0 Å². The van der Waals surface area contributed by atoms with Crippen molar-refractivity contribution in [3.8, 4) is 18.2 Å². The Kier molecular flexibility index (Phi) is 11.9. The third-order valence-electron chi connectivity index (χ3n) is 7.04. The largest absolute Gasteiger partial charge is 0.383 e. The lowest BCUT2D eigenvalue weighted by atomic mass is 9.85. The topological polar surface area (TPSA) is 107 Å². The molecule has 6 heteroatoms. The predicted octanol–water partition coefficient (Wildman–Crippen LogP) is 8.18. The van der Waals surface area contributed by atoms with E-state index in [0.29, 0.717) is 19.3 Å². The van der Waals surface area contributed by atoms with E-state index < -0.39 is 0 Å². The van der Waals surface area contributed by atoms with Crippen LogP contribution in [0.5, 0.6) is 0 Å². The first-order valence-electron chi connectivity index (χ1n) is 14.1. The van der Waals surface area contributed by atoms with Gasteiger partial charge in [0, 0.05) is 60.4 Å². The van der Waals surface area contributed by atoms with E-state index in [-0.39, 0.29) is 24.0 Å². The number of nitrogens with one attached hydrogen (secondary N) is 3. The Labute approximate surface area is 239 Å². The van der Waals surface area contributed by atoms with Gasteiger partial charge in [0.1, 0.15) is 0 Å². The monoisotopic (exact) mass is 532 g/mol. The summed E-state index contributed by atoms with van der Waals surface area (Å²) in [6.45, 7) is 6.30. The number of nitrogens with zero attached hydrogens (tertiary/aromatic N) is 3. The number of rotatable bonds is 15. The molecule has 0 aliphatic carbocycles. The smallest absolute Gasteiger partial charge is 0.0622 e.